The first-order chi connectivity index (χ1) is 10.8. The van der Waals surface area contributed by atoms with Crippen molar-refractivity contribution in [2.24, 2.45) is 5.92 Å². The van der Waals surface area contributed by atoms with E-state index >= 15 is 0 Å². The van der Waals surface area contributed by atoms with Gasteiger partial charge < -0.3 is 20.4 Å². The van der Waals surface area contributed by atoms with Crippen LogP contribution in [0, 0.1) is 5.92 Å². The molecule has 3 fully saturated rings. The zero-order valence-corrected chi connectivity index (χ0v) is 15.6. The van der Waals surface area contributed by atoms with Gasteiger partial charge in [-0.1, -0.05) is 12.2 Å². The normalized spacial score (nSPS) is 28.5. The van der Waals surface area contributed by atoms with Crippen molar-refractivity contribution in [1.82, 2.24) is 20.4 Å². The third kappa shape index (κ3) is 3.68. The third-order valence-electron chi connectivity index (χ3n) is 5.54. The van der Waals surface area contributed by atoms with E-state index in [1.807, 2.05) is 0 Å². The third-order valence-corrected chi connectivity index (χ3v) is 5.54. The smallest absolute Gasteiger partial charge is 0.247 e. The zero-order valence-electron chi connectivity index (χ0n) is 13.9. The lowest BCUT2D eigenvalue weighted by atomic mass is 9.93. The van der Waals surface area contributed by atoms with Crippen molar-refractivity contribution in [3.8, 4) is 0 Å². The summed E-state index contributed by atoms with van der Waals surface area (Å²) in [5.74, 6) is 2.29. The number of carbonyl (C=O) groups excluding carboxylic acids is 1. The number of carbonyl (C=O) groups is 1. The highest BCUT2D eigenvalue weighted by Crippen LogP contribution is 2.29. The number of amides is 1. The monoisotopic (exact) mass is 374 g/mol. The Morgan fingerprint density at radius 1 is 1.21 bits per heavy atom. The van der Waals surface area contributed by atoms with Crippen LogP contribution in [0.25, 0.3) is 0 Å². The van der Waals surface area contributed by atoms with Crippen LogP contribution in [0.5, 0.6) is 0 Å². The maximum Gasteiger partial charge on any atom is 0.247 e. The van der Waals surface area contributed by atoms with E-state index in [1.165, 1.54) is 19.3 Å². The first-order valence-electron chi connectivity index (χ1n) is 8.73. The molecule has 0 bridgehead atoms. The second-order valence-corrected chi connectivity index (χ2v) is 6.93. The van der Waals surface area contributed by atoms with Crippen LogP contribution in [0.1, 0.15) is 25.7 Å². The number of rotatable bonds is 4. The molecule has 2 N–H and O–H groups in total. The van der Waals surface area contributed by atoms with Crippen molar-refractivity contribution in [2.75, 3.05) is 32.7 Å². The van der Waals surface area contributed by atoms with Gasteiger partial charge in [-0.15, -0.1) is 24.8 Å². The predicted octanol–water partition coefficient (Wildman–Crippen LogP) is 1.51. The highest BCUT2D eigenvalue weighted by Gasteiger charge is 2.44. The van der Waals surface area contributed by atoms with Crippen LogP contribution < -0.4 is 10.6 Å². The molecule has 0 aromatic heterocycles. The summed E-state index contributed by atoms with van der Waals surface area (Å²) in [7, 11) is 0. The van der Waals surface area contributed by atoms with E-state index < -0.39 is 0 Å². The Kier molecular flexibility index (Phi) is 6.84. The largest absolute Gasteiger partial charge is 0.369 e. The fraction of sp³-hybridized carbons (Fsp3) is 0.706. The Hall–Kier alpha value is -0.910. The molecule has 4 aliphatic heterocycles. The van der Waals surface area contributed by atoms with E-state index in [2.05, 4.69) is 38.7 Å². The molecule has 4 aliphatic rings. The topological polar surface area (TPSA) is 47.6 Å². The van der Waals surface area contributed by atoms with Gasteiger partial charge in [0.25, 0.3) is 0 Å². The fourth-order valence-electron chi connectivity index (χ4n) is 4.31. The van der Waals surface area contributed by atoms with E-state index in [0.717, 1.165) is 50.9 Å². The molecular formula is C17H28Cl2N4O. The Morgan fingerprint density at radius 2 is 2.00 bits per heavy atom. The van der Waals surface area contributed by atoms with Crippen molar-refractivity contribution in [2.45, 2.75) is 37.8 Å². The lowest BCUT2D eigenvalue weighted by Gasteiger charge is -2.43. The summed E-state index contributed by atoms with van der Waals surface area (Å²) >= 11 is 0. The summed E-state index contributed by atoms with van der Waals surface area (Å²) in [4.78, 5) is 17.1. The van der Waals surface area contributed by atoms with E-state index in [1.54, 1.807) is 0 Å². The molecule has 2 atom stereocenters. The standard InChI is InChI=1S/C17H26N4O.2ClH/c22-17-15-11-19-16-5-1-4-14(21(15)16)12-20(17)10-2-3-13-6-8-18-9-7-13;;/h1,4-5,13-15,18-19H,2-3,6-12H2;2*1H. The quantitative estimate of drug-likeness (QED) is 0.782. The van der Waals surface area contributed by atoms with Crippen LogP contribution in [-0.4, -0.2) is 60.5 Å². The van der Waals surface area contributed by atoms with Gasteiger partial charge in [0.05, 0.1) is 6.04 Å². The number of allylic oxidation sites excluding steroid dienone is 2. The summed E-state index contributed by atoms with van der Waals surface area (Å²) in [6, 6.07) is 0.366. The van der Waals surface area contributed by atoms with Crippen LogP contribution in [-0.2, 0) is 4.79 Å². The molecular weight excluding hydrogens is 347 g/mol. The van der Waals surface area contributed by atoms with Gasteiger partial charge in [0.15, 0.2) is 0 Å². The van der Waals surface area contributed by atoms with Crippen molar-refractivity contribution in [1.29, 1.82) is 0 Å². The Labute approximate surface area is 156 Å². The van der Waals surface area contributed by atoms with E-state index in [-0.39, 0.29) is 30.9 Å². The summed E-state index contributed by atoms with van der Waals surface area (Å²) in [5, 5.41) is 6.79. The molecule has 0 aliphatic carbocycles. The molecule has 0 saturated carbocycles. The Balaban J connectivity index is 0.00000104. The summed E-state index contributed by atoms with van der Waals surface area (Å²) < 4.78 is 0. The Bertz CT molecular complexity index is 505. The number of hydrogen-bond acceptors (Lipinski definition) is 4. The molecule has 136 valence electrons. The lowest BCUT2D eigenvalue weighted by molar-refractivity contribution is -0.140. The number of nitrogens with one attached hydrogen (secondary N) is 2. The minimum Gasteiger partial charge on any atom is -0.369 e. The molecule has 7 heteroatoms. The van der Waals surface area contributed by atoms with Crippen molar-refractivity contribution in [3.63, 3.8) is 0 Å². The highest BCUT2D eigenvalue weighted by atomic mass is 35.5. The van der Waals surface area contributed by atoms with Gasteiger partial charge in [-0.2, -0.15) is 0 Å². The predicted molar refractivity (Wildman–Crippen MR) is 101 cm³/mol. The van der Waals surface area contributed by atoms with E-state index in [0.29, 0.717) is 11.9 Å². The van der Waals surface area contributed by atoms with Gasteiger partial charge in [-0.25, -0.2) is 0 Å². The number of hydrogen-bond donors (Lipinski definition) is 2. The first-order valence-corrected chi connectivity index (χ1v) is 8.73. The molecule has 4 rings (SSSR count). The zero-order chi connectivity index (χ0) is 14.9. The van der Waals surface area contributed by atoms with Crippen LogP contribution in [0.2, 0.25) is 0 Å². The molecule has 0 aromatic carbocycles. The minimum atomic E-state index is 0. The number of piperidine rings is 1. The van der Waals surface area contributed by atoms with E-state index in [4.69, 9.17) is 0 Å². The maximum atomic E-state index is 12.7. The number of nitrogens with zero attached hydrogens (tertiary/aromatic N) is 2. The summed E-state index contributed by atoms with van der Waals surface area (Å²) in [5.41, 5.74) is 0. The molecule has 0 spiro atoms. The molecule has 2 unspecified atom stereocenters. The van der Waals surface area contributed by atoms with Gasteiger partial charge in [0, 0.05) is 19.6 Å². The van der Waals surface area contributed by atoms with Gasteiger partial charge in [-0.05, 0) is 50.8 Å². The van der Waals surface area contributed by atoms with Gasteiger partial charge in [-0.3, -0.25) is 4.79 Å². The van der Waals surface area contributed by atoms with E-state index in [9.17, 15) is 4.79 Å². The summed E-state index contributed by atoms with van der Waals surface area (Å²) in [6.45, 7) is 4.86. The second-order valence-electron chi connectivity index (χ2n) is 6.93. The first kappa shape index (κ1) is 19.4. The van der Waals surface area contributed by atoms with Gasteiger partial charge in [0.1, 0.15) is 11.9 Å². The maximum absolute atomic E-state index is 12.7. The second kappa shape index (κ2) is 8.45. The SMILES string of the molecule is Cl.Cl.O=C1C2CNC3=CC=CC(CN1CCCC1CCNCC1)N32. The van der Waals surface area contributed by atoms with Crippen molar-refractivity contribution in [3.05, 3.63) is 24.0 Å². The molecule has 4 heterocycles. The fourth-order valence-corrected chi connectivity index (χ4v) is 4.31. The van der Waals surface area contributed by atoms with Crippen molar-refractivity contribution >= 4 is 30.7 Å². The Morgan fingerprint density at radius 3 is 2.79 bits per heavy atom. The lowest BCUT2D eigenvalue weighted by Crippen LogP contribution is -2.59. The molecule has 5 nitrogen and oxygen atoms in total. The number of piperazine rings is 1. The molecule has 1 amide bonds. The van der Waals surface area contributed by atoms with Crippen molar-refractivity contribution < 1.29 is 4.79 Å². The summed E-state index contributed by atoms with van der Waals surface area (Å²) in [6.07, 6.45) is 11.4. The number of halogens is 2. The highest BCUT2D eigenvalue weighted by molar-refractivity contribution is 5.85. The minimum absolute atomic E-state index is 0. The van der Waals surface area contributed by atoms with Crippen LogP contribution >= 0.6 is 24.8 Å². The molecule has 0 radical (unpaired) electrons. The molecule has 0 aromatic rings. The van der Waals surface area contributed by atoms with Crippen LogP contribution in [0.4, 0.5) is 0 Å². The van der Waals surface area contributed by atoms with Crippen LogP contribution in [0.15, 0.2) is 24.0 Å². The van der Waals surface area contributed by atoms with Crippen LogP contribution in [0.3, 0.4) is 0 Å². The average Bonchev–Trinajstić information content (AvgIpc) is 2.99. The molecule has 24 heavy (non-hydrogen) atoms. The van der Waals surface area contributed by atoms with Gasteiger partial charge >= 0.3 is 0 Å². The molecule has 3 saturated heterocycles. The average molecular weight is 375 g/mol. The van der Waals surface area contributed by atoms with Gasteiger partial charge in [0.2, 0.25) is 5.91 Å².